The first-order valence-corrected chi connectivity index (χ1v) is 9.65. The highest BCUT2D eigenvalue weighted by molar-refractivity contribution is 5.92. The molecule has 2 amide bonds. The molecule has 0 aromatic heterocycles. The fraction of sp³-hybridized carbons (Fsp3) is 0.318. The number of hydrogen-bond acceptors (Lipinski definition) is 6. The van der Waals surface area contributed by atoms with E-state index in [0.29, 0.717) is 23.0 Å². The normalized spacial score (nSPS) is 14.7. The van der Waals surface area contributed by atoms with Gasteiger partial charge in [0.05, 0.1) is 5.56 Å². The number of amides is 2. The second-order valence-corrected chi connectivity index (χ2v) is 7.27. The van der Waals surface area contributed by atoms with Crippen LogP contribution in [0.2, 0.25) is 0 Å². The summed E-state index contributed by atoms with van der Waals surface area (Å²) in [5, 5.41) is 0. The van der Waals surface area contributed by atoms with Crippen LogP contribution in [0.5, 0.6) is 11.5 Å². The number of hydrazine groups is 1. The van der Waals surface area contributed by atoms with Gasteiger partial charge in [-0.25, -0.2) is 4.79 Å². The van der Waals surface area contributed by atoms with Crippen LogP contribution < -0.4 is 20.3 Å². The average Bonchev–Trinajstić information content (AvgIpc) is 2.75. The standard InChI is InChI=1S/C22H24N2O6/c1-14(2)11-15-7-9-16(10-8-15)22(27)29-13-20(25)23-24-21(26)19-12-28-17-5-3-4-6-18(17)30-19/h3-10,14,19H,11-13H2,1-2H3,(H,23,25)(H,24,26)/t19-/m0/s1. The van der Waals surface area contributed by atoms with Gasteiger partial charge in [-0.15, -0.1) is 0 Å². The van der Waals surface area contributed by atoms with Crippen LogP contribution in [-0.2, 0) is 20.7 Å². The van der Waals surface area contributed by atoms with Crippen LogP contribution in [0.15, 0.2) is 48.5 Å². The maximum atomic E-state index is 12.1. The first-order chi connectivity index (χ1) is 14.4. The third-order valence-electron chi connectivity index (χ3n) is 4.29. The molecule has 2 aromatic carbocycles. The van der Waals surface area contributed by atoms with Crippen molar-refractivity contribution >= 4 is 17.8 Å². The minimum atomic E-state index is -0.910. The molecule has 2 N–H and O–H groups in total. The molecule has 3 rings (SSSR count). The maximum Gasteiger partial charge on any atom is 0.338 e. The van der Waals surface area contributed by atoms with Gasteiger partial charge in [-0.3, -0.25) is 20.4 Å². The number of ether oxygens (including phenoxy) is 3. The van der Waals surface area contributed by atoms with E-state index < -0.39 is 30.5 Å². The maximum absolute atomic E-state index is 12.1. The lowest BCUT2D eigenvalue weighted by Crippen LogP contribution is -2.51. The molecule has 0 saturated heterocycles. The van der Waals surface area contributed by atoms with Gasteiger partial charge >= 0.3 is 5.97 Å². The second-order valence-electron chi connectivity index (χ2n) is 7.27. The smallest absolute Gasteiger partial charge is 0.338 e. The number of para-hydroxylation sites is 2. The van der Waals surface area contributed by atoms with Crippen molar-refractivity contribution in [1.82, 2.24) is 10.9 Å². The third kappa shape index (κ3) is 5.73. The van der Waals surface area contributed by atoms with E-state index in [2.05, 4.69) is 24.7 Å². The summed E-state index contributed by atoms with van der Waals surface area (Å²) < 4.78 is 16.0. The third-order valence-corrected chi connectivity index (χ3v) is 4.29. The lowest BCUT2D eigenvalue weighted by atomic mass is 10.0. The Morgan fingerprint density at radius 1 is 1.03 bits per heavy atom. The van der Waals surface area contributed by atoms with Crippen molar-refractivity contribution < 1.29 is 28.6 Å². The lowest BCUT2D eigenvalue weighted by Gasteiger charge is -2.25. The van der Waals surface area contributed by atoms with Crippen molar-refractivity contribution in [3.63, 3.8) is 0 Å². The predicted octanol–water partition coefficient (Wildman–Crippen LogP) is 2.03. The summed E-state index contributed by atoms with van der Waals surface area (Å²) in [4.78, 5) is 36.1. The molecule has 0 spiro atoms. The first kappa shape index (κ1) is 21.2. The van der Waals surface area contributed by atoms with E-state index in [1.54, 1.807) is 36.4 Å². The van der Waals surface area contributed by atoms with Gasteiger partial charge < -0.3 is 14.2 Å². The van der Waals surface area contributed by atoms with Crippen LogP contribution in [0.3, 0.4) is 0 Å². The molecule has 158 valence electrons. The Hall–Kier alpha value is -3.55. The van der Waals surface area contributed by atoms with Crippen LogP contribution in [0.4, 0.5) is 0 Å². The summed E-state index contributed by atoms with van der Waals surface area (Å²) in [7, 11) is 0. The molecule has 1 aliphatic heterocycles. The summed E-state index contributed by atoms with van der Waals surface area (Å²) in [6, 6.07) is 14.0. The van der Waals surface area contributed by atoms with Gasteiger partial charge in [0.1, 0.15) is 6.61 Å². The minimum absolute atomic E-state index is 0.0144. The van der Waals surface area contributed by atoms with Gasteiger partial charge in [0.2, 0.25) is 6.10 Å². The van der Waals surface area contributed by atoms with Crippen LogP contribution in [-0.4, -0.2) is 37.1 Å². The minimum Gasteiger partial charge on any atom is -0.485 e. The Bertz CT molecular complexity index is 910. The molecule has 0 radical (unpaired) electrons. The summed E-state index contributed by atoms with van der Waals surface area (Å²) in [5.41, 5.74) is 5.90. The molecule has 2 aromatic rings. The second kappa shape index (κ2) is 9.78. The Morgan fingerprint density at radius 2 is 1.73 bits per heavy atom. The molecule has 0 fully saturated rings. The lowest BCUT2D eigenvalue weighted by molar-refractivity contribution is -0.135. The van der Waals surface area contributed by atoms with E-state index in [0.717, 1.165) is 12.0 Å². The molecule has 0 saturated carbocycles. The molecule has 1 atom stereocenters. The van der Waals surface area contributed by atoms with Crippen molar-refractivity contribution in [2.45, 2.75) is 26.4 Å². The van der Waals surface area contributed by atoms with Gasteiger partial charge in [-0.05, 0) is 42.2 Å². The van der Waals surface area contributed by atoms with E-state index >= 15 is 0 Å². The van der Waals surface area contributed by atoms with E-state index in [1.165, 1.54) is 0 Å². The number of hydrogen-bond donors (Lipinski definition) is 2. The number of carbonyl (C=O) groups excluding carboxylic acids is 3. The Morgan fingerprint density at radius 3 is 2.43 bits per heavy atom. The Kier molecular flexibility index (Phi) is 6.90. The number of fused-ring (bicyclic) bond motifs is 1. The van der Waals surface area contributed by atoms with Crippen molar-refractivity contribution in [2.75, 3.05) is 13.2 Å². The van der Waals surface area contributed by atoms with E-state index in [-0.39, 0.29) is 6.61 Å². The van der Waals surface area contributed by atoms with Gasteiger partial charge in [0.15, 0.2) is 18.1 Å². The van der Waals surface area contributed by atoms with Crippen LogP contribution in [0.1, 0.15) is 29.8 Å². The zero-order valence-corrected chi connectivity index (χ0v) is 16.8. The molecule has 8 nitrogen and oxygen atoms in total. The number of rotatable bonds is 6. The van der Waals surface area contributed by atoms with Crippen molar-refractivity contribution in [1.29, 1.82) is 0 Å². The van der Waals surface area contributed by atoms with Crippen molar-refractivity contribution in [3.8, 4) is 11.5 Å². The van der Waals surface area contributed by atoms with E-state index in [4.69, 9.17) is 14.2 Å². The molecule has 8 heteroatoms. The molecular formula is C22H24N2O6. The predicted molar refractivity (Wildman–Crippen MR) is 108 cm³/mol. The number of nitrogens with one attached hydrogen (secondary N) is 2. The first-order valence-electron chi connectivity index (χ1n) is 9.65. The van der Waals surface area contributed by atoms with Crippen molar-refractivity contribution in [2.24, 2.45) is 5.92 Å². The Balaban J connectivity index is 1.40. The Labute approximate surface area is 174 Å². The molecule has 0 unspecified atom stereocenters. The highest BCUT2D eigenvalue weighted by Gasteiger charge is 2.27. The summed E-state index contributed by atoms with van der Waals surface area (Å²) in [6.07, 6.45) is 0.00535. The molecule has 1 aliphatic rings. The highest BCUT2D eigenvalue weighted by atomic mass is 16.6. The van der Waals surface area contributed by atoms with Crippen LogP contribution in [0, 0.1) is 5.92 Å². The zero-order chi connectivity index (χ0) is 21.5. The van der Waals surface area contributed by atoms with Gasteiger partial charge in [0, 0.05) is 0 Å². The van der Waals surface area contributed by atoms with Crippen LogP contribution in [0.25, 0.3) is 0 Å². The van der Waals surface area contributed by atoms with Gasteiger partial charge in [-0.1, -0.05) is 38.1 Å². The average molecular weight is 412 g/mol. The molecule has 30 heavy (non-hydrogen) atoms. The number of benzene rings is 2. The SMILES string of the molecule is CC(C)Cc1ccc(C(=O)OCC(=O)NNC(=O)[C@@H]2COc3ccccc3O2)cc1. The zero-order valence-electron chi connectivity index (χ0n) is 16.8. The molecule has 0 aliphatic carbocycles. The molecular weight excluding hydrogens is 388 g/mol. The summed E-state index contributed by atoms with van der Waals surface area (Å²) >= 11 is 0. The highest BCUT2D eigenvalue weighted by Crippen LogP contribution is 2.30. The quantitative estimate of drug-likeness (QED) is 0.556. The van der Waals surface area contributed by atoms with E-state index in [1.807, 2.05) is 12.1 Å². The fourth-order valence-electron chi connectivity index (χ4n) is 2.86. The van der Waals surface area contributed by atoms with Crippen molar-refractivity contribution in [3.05, 3.63) is 59.7 Å². The molecule has 0 bridgehead atoms. The molecule has 1 heterocycles. The van der Waals surface area contributed by atoms with Gasteiger partial charge in [-0.2, -0.15) is 0 Å². The summed E-state index contributed by atoms with van der Waals surface area (Å²) in [6.45, 7) is 3.72. The number of esters is 1. The van der Waals surface area contributed by atoms with E-state index in [9.17, 15) is 14.4 Å². The fourth-order valence-corrected chi connectivity index (χ4v) is 2.86. The summed E-state index contributed by atoms with van der Waals surface area (Å²) in [5.74, 6) is -0.358. The van der Waals surface area contributed by atoms with Crippen LogP contribution >= 0.6 is 0 Å². The topological polar surface area (TPSA) is 103 Å². The number of carbonyl (C=O) groups is 3. The monoisotopic (exact) mass is 412 g/mol. The van der Waals surface area contributed by atoms with Gasteiger partial charge in [0.25, 0.3) is 11.8 Å². The largest absolute Gasteiger partial charge is 0.485 e.